The van der Waals surface area contributed by atoms with E-state index in [1.54, 1.807) is 0 Å². The Morgan fingerprint density at radius 2 is 1.40 bits per heavy atom. The van der Waals surface area contributed by atoms with Crippen LogP contribution in [-0.2, 0) is 6.61 Å². The van der Waals surface area contributed by atoms with Crippen LogP contribution in [0.4, 0.5) is 0 Å². The Hall–Kier alpha value is -4.46. The van der Waals surface area contributed by atoms with Crippen LogP contribution in [0.5, 0.6) is 5.75 Å². The molecule has 3 nitrogen and oxygen atoms in total. The maximum absolute atomic E-state index is 9.77. The molecular formula is C31H22N2OS. The first-order chi connectivity index (χ1) is 17.3. The molecule has 168 valence electrons. The lowest BCUT2D eigenvalue weighted by molar-refractivity contribution is 0.306. The number of aromatic nitrogens is 1. The molecule has 1 aromatic heterocycles. The largest absolute Gasteiger partial charge is 0.489 e. The summed E-state index contributed by atoms with van der Waals surface area (Å²) in [6.45, 7) is 0.522. The van der Waals surface area contributed by atoms with Gasteiger partial charge in [0.1, 0.15) is 23.4 Å². The van der Waals surface area contributed by atoms with Gasteiger partial charge in [-0.2, -0.15) is 5.26 Å². The van der Waals surface area contributed by atoms with Gasteiger partial charge in [-0.3, -0.25) is 0 Å². The average molecular weight is 471 g/mol. The monoisotopic (exact) mass is 470 g/mol. The summed E-state index contributed by atoms with van der Waals surface area (Å²) in [5.74, 6) is 0.792. The molecule has 0 aliphatic carbocycles. The van der Waals surface area contributed by atoms with Crippen molar-refractivity contribution >= 4 is 23.0 Å². The van der Waals surface area contributed by atoms with Crippen LogP contribution >= 0.6 is 11.3 Å². The van der Waals surface area contributed by atoms with Crippen LogP contribution in [-0.4, -0.2) is 4.98 Å². The fourth-order valence-electron chi connectivity index (χ4n) is 3.70. The smallest absolute Gasteiger partial charge is 0.134 e. The molecule has 4 aromatic carbocycles. The molecule has 0 saturated heterocycles. The third kappa shape index (κ3) is 5.55. The molecule has 5 aromatic rings. The maximum atomic E-state index is 9.77. The van der Waals surface area contributed by atoms with Crippen LogP contribution in [0.2, 0.25) is 0 Å². The Bertz CT molecular complexity index is 1460. The van der Waals surface area contributed by atoms with Crippen LogP contribution in [0.25, 0.3) is 34.0 Å². The number of benzene rings is 4. The summed E-state index contributed by atoms with van der Waals surface area (Å²) in [7, 11) is 0. The summed E-state index contributed by atoms with van der Waals surface area (Å²) in [5, 5.41) is 12.5. The summed E-state index contributed by atoms with van der Waals surface area (Å²) in [5.41, 5.74) is 6.85. The van der Waals surface area contributed by atoms with E-state index >= 15 is 0 Å². The molecule has 0 spiro atoms. The Labute approximate surface area is 209 Å². The highest BCUT2D eigenvalue weighted by Crippen LogP contribution is 2.29. The second-order valence-corrected chi connectivity index (χ2v) is 8.85. The third-order valence-corrected chi connectivity index (χ3v) is 6.46. The van der Waals surface area contributed by atoms with Gasteiger partial charge >= 0.3 is 0 Å². The van der Waals surface area contributed by atoms with Gasteiger partial charge in [0.05, 0.1) is 11.3 Å². The third-order valence-electron chi connectivity index (χ3n) is 5.58. The number of allylic oxidation sites excluding steroid dienone is 1. The van der Waals surface area contributed by atoms with Crippen molar-refractivity contribution in [3.63, 3.8) is 0 Å². The minimum Gasteiger partial charge on any atom is -0.489 e. The number of ether oxygens (including phenoxy) is 1. The Morgan fingerprint density at radius 3 is 2.09 bits per heavy atom. The SMILES string of the molecule is N#CC(=Cc1ccc(OCc2ccccc2)cc1)c1nc(-c2ccc(-c3ccccc3)cc2)cs1. The van der Waals surface area contributed by atoms with Gasteiger partial charge in [0.25, 0.3) is 0 Å². The number of nitriles is 1. The van der Waals surface area contributed by atoms with Crippen molar-refractivity contribution < 1.29 is 4.74 Å². The van der Waals surface area contributed by atoms with Crippen molar-refractivity contribution in [3.05, 3.63) is 131 Å². The number of thiazole rings is 1. The van der Waals surface area contributed by atoms with Crippen molar-refractivity contribution in [1.29, 1.82) is 5.26 Å². The van der Waals surface area contributed by atoms with E-state index in [1.807, 2.05) is 84.3 Å². The van der Waals surface area contributed by atoms with Gasteiger partial charge in [-0.05, 0) is 40.5 Å². The van der Waals surface area contributed by atoms with Crippen LogP contribution in [0.1, 0.15) is 16.1 Å². The second kappa shape index (κ2) is 10.6. The minimum absolute atomic E-state index is 0.522. The van der Waals surface area contributed by atoms with Gasteiger partial charge in [-0.25, -0.2) is 4.98 Å². The molecule has 1 heterocycles. The van der Waals surface area contributed by atoms with Crippen molar-refractivity contribution in [2.75, 3.05) is 0 Å². The number of rotatable bonds is 7. The van der Waals surface area contributed by atoms with E-state index in [0.29, 0.717) is 17.2 Å². The van der Waals surface area contributed by atoms with Gasteiger partial charge in [0, 0.05) is 10.9 Å². The maximum Gasteiger partial charge on any atom is 0.134 e. The molecule has 0 atom stereocenters. The highest BCUT2D eigenvalue weighted by Gasteiger charge is 2.10. The normalized spacial score (nSPS) is 11.1. The molecule has 0 aliphatic rings. The summed E-state index contributed by atoms with van der Waals surface area (Å²) in [6, 6.07) is 38.8. The summed E-state index contributed by atoms with van der Waals surface area (Å²) >= 11 is 1.48. The van der Waals surface area contributed by atoms with E-state index in [4.69, 9.17) is 9.72 Å². The first-order valence-corrected chi connectivity index (χ1v) is 12.2. The summed E-state index contributed by atoms with van der Waals surface area (Å²) < 4.78 is 5.86. The highest BCUT2D eigenvalue weighted by atomic mass is 32.1. The number of hydrogen-bond donors (Lipinski definition) is 0. The molecule has 0 unspecified atom stereocenters. The van der Waals surface area contributed by atoms with Crippen LogP contribution in [0.3, 0.4) is 0 Å². The molecule has 0 fully saturated rings. The minimum atomic E-state index is 0.522. The van der Waals surface area contributed by atoms with Gasteiger partial charge in [0.2, 0.25) is 0 Å². The molecule has 4 heteroatoms. The van der Waals surface area contributed by atoms with Gasteiger partial charge in [-0.15, -0.1) is 11.3 Å². The van der Waals surface area contributed by atoms with Crippen LogP contribution < -0.4 is 4.74 Å². The molecule has 0 radical (unpaired) electrons. The van der Waals surface area contributed by atoms with E-state index in [0.717, 1.165) is 28.1 Å². The van der Waals surface area contributed by atoms with E-state index in [2.05, 4.69) is 42.5 Å². The lowest BCUT2D eigenvalue weighted by atomic mass is 10.0. The zero-order valence-electron chi connectivity index (χ0n) is 19.0. The van der Waals surface area contributed by atoms with Crippen molar-refractivity contribution in [2.24, 2.45) is 0 Å². The molecule has 0 amide bonds. The van der Waals surface area contributed by atoms with Crippen molar-refractivity contribution in [2.45, 2.75) is 6.61 Å². The zero-order chi connectivity index (χ0) is 23.9. The molecule has 0 saturated carbocycles. The Kier molecular flexibility index (Phi) is 6.79. The van der Waals surface area contributed by atoms with E-state index in [-0.39, 0.29) is 0 Å². The van der Waals surface area contributed by atoms with Gasteiger partial charge in [0.15, 0.2) is 0 Å². The zero-order valence-corrected chi connectivity index (χ0v) is 19.8. The fourth-order valence-corrected chi connectivity index (χ4v) is 4.50. The van der Waals surface area contributed by atoms with Gasteiger partial charge in [-0.1, -0.05) is 97.1 Å². The first kappa shape index (κ1) is 22.3. The predicted molar refractivity (Wildman–Crippen MR) is 144 cm³/mol. The lowest BCUT2D eigenvalue weighted by Gasteiger charge is -2.06. The van der Waals surface area contributed by atoms with Crippen molar-refractivity contribution in [3.8, 4) is 34.2 Å². The van der Waals surface area contributed by atoms with Gasteiger partial charge < -0.3 is 4.74 Å². The Balaban J connectivity index is 1.28. The number of hydrogen-bond acceptors (Lipinski definition) is 4. The fraction of sp³-hybridized carbons (Fsp3) is 0.0323. The standard InChI is InChI=1S/C31H22N2OS/c32-20-28(19-23-11-17-29(18-12-23)34-21-24-7-3-1-4-8-24)31-33-30(22-35-31)27-15-13-26(14-16-27)25-9-5-2-6-10-25/h1-19,22H,21H2. The molecule has 35 heavy (non-hydrogen) atoms. The van der Waals surface area contributed by atoms with E-state index in [1.165, 1.54) is 22.5 Å². The van der Waals surface area contributed by atoms with Crippen LogP contribution in [0, 0.1) is 11.3 Å². The average Bonchev–Trinajstić information content (AvgIpc) is 3.43. The molecule has 0 N–H and O–H groups in total. The summed E-state index contributed by atoms with van der Waals surface area (Å²) in [4.78, 5) is 4.73. The van der Waals surface area contributed by atoms with E-state index in [9.17, 15) is 5.26 Å². The molecule has 0 bridgehead atoms. The summed E-state index contributed by atoms with van der Waals surface area (Å²) in [6.07, 6.45) is 1.86. The quantitative estimate of drug-likeness (QED) is 0.226. The molecule has 0 aliphatic heterocycles. The topological polar surface area (TPSA) is 45.9 Å². The number of nitrogens with zero attached hydrogens (tertiary/aromatic N) is 2. The predicted octanol–water partition coefficient (Wildman–Crippen LogP) is 8.12. The Morgan fingerprint density at radius 1 is 0.771 bits per heavy atom. The van der Waals surface area contributed by atoms with Crippen LogP contribution in [0.15, 0.2) is 115 Å². The van der Waals surface area contributed by atoms with Crippen molar-refractivity contribution in [1.82, 2.24) is 4.98 Å². The second-order valence-electron chi connectivity index (χ2n) is 7.99. The lowest BCUT2D eigenvalue weighted by Crippen LogP contribution is -1.94. The highest BCUT2D eigenvalue weighted by molar-refractivity contribution is 7.11. The molecule has 5 rings (SSSR count). The first-order valence-electron chi connectivity index (χ1n) is 11.3. The molecular weight excluding hydrogens is 448 g/mol. The van der Waals surface area contributed by atoms with E-state index < -0.39 is 0 Å².